The molecule has 0 unspecified atom stereocenters. The first kappa shape index (κ1) is 19.4. The Labute approximate surface area is 157 Å². The first-order valence-corrected chi connectivity index (χ1v) is 7.94. The van der Waals surface area contributed by atoms with E-state index in [0.717, 1.165) is 23.0 Å². The maximum absolute atomic E-state index is 8.78. The predicted octanol–water partition coefficient (Wildman–Crippen LogP) is 3.06. The largest absolute Gasteiger partial charge is 0.352 e. The summed E-state index contributed by atoms with van der Waals surface area (Å²) in [7, 11) is 1.74. The van der Waals surface area contributed by atoms with Crippen molar-refractivity contribution in [2.75, 3.05) is 7.05 Å². The Hall–Kier alpha value is -1.66. The summed E-state index contributed by atoms with van der Waals surface area (Å²) < 4.78 is 0. The molecule has 0 aliphatic heterocycles. The fourth-order valence-electron chi connectivity index (χ4n) is 1.86. The first-order valence-electron chi connectivity index (χ1n) is 7.12. The number of nitrogens with zero attached hydrogens (tertiary/aromatic N) is 3. The lowest BCUT2D eigenvalue weighted by Crippen LogP contribution is -2.36. The van der Waals surface area contributed by atoms with Gasteiger partial charge >= 0.3 is 0 Å². The second-order valence-corrected chi connectivity index (χ2v) is 5.86. The molecular formula is C16H20IN5S. The van der Waals surface area contributed by atoms with Crippen LogP contribution in [0.2, 0.25) is 0 Å². The number of nitrogens with one attached hydrogen (secondary N) is 2. The number of hydrogen-bond donors (Lipinski definition) is 2. The van der Waals surface area contributed by atoms with E-state index in [9.17, 15) is 0 Å². The molecule has 0 amide bonds. The highest BCUT2D eigenvalue weighted by molar-refractivity contribution is 14.0. The highest BCUT2D eigenvalue weighted by Gasteiger charge is 2.03. The topological polar surface area (TPSA) is 73.1 Å². The molecule has 0 aliphatic rings. The van der Waals surface area contributed by atoms with Crippen LogP contribution >= 0.6 is 35.3 Å². The average molecular weight is 441 g/mol. The van der Waals surface area contributed by atoms with Gasteiger partial charge in [0.15, 0.2) is 5.96 Å². The molecule has 0 fully saturated rings. The van der Waals surface area contributed by atoms with Crippen molar-refractivity contribution in [2.45, 2.75) is 26.4 Å². The van der Waals surface area contributed by atoms with Crippen molar-refractivity contribution >= 4 is 41.3 Å². The second-order valence-electron chi connectivity index (χ2n) is 4.66. The maximum atomic E-state index is 8.78. The zero-order valence-electron chi connectivity index (χ0n) is 13.2. The molecule has 0 saturated heterocycles. The number of aryl methyl sites for hydroxylation is 1. The molecule has 2 N–H and O–H groups in total. The van der Waals surface area contributed by atoms with Gasteiger partial charge in [0.1, 0.15) is 5.01 Å². The third-order valence-corrected chi connectivity index (χ3v) is 4.27. The van der Waals surface area contributed by atoms with E-state index in [1.807, 2.05) is 30.5 Å². The van der Waals surface area contributed by atoms with Gasteiger partial charge < -0.3 is 10.6 Å². The van der Waals surface area contributed by atoms with E-state index in [0.29, 0.717) is 18.7 Å². The highest BCUT2D eigenvalue weighted by Crippen LogP contribution is 2.12. The summed E-state index contributed by atoms with van der Waals surface area (Å²) in [5.41, 5.74) is 1.77. The molecule has 0 atom stereocenters. The van der Waals surface area contributed by atoms with Gasteiger partial charge in [-0.2, -0.15) is 5.26 Å². The molecule has 2 rings (SSSR count). The van der Waals surface area contributed by atoms with Crippen LogP contribution in [0.1, 0.15) is 27.9 Å². The minimum absolute atomic E-state index is 0. The van der Waals surface area contributed by atoms with Crippen molar-refractivity contribution in [3.05, 3.63) is 51.5 Å². The zero-order valence-corrected chi connectivity index (χ0v) is 16.3. The predicted molar refractivity (Wildman–Crippen MR) is 105 cm³/mol. The van der Waals surface area contributed by atoms with Gasteiger partial charge in [-0.15, -0.1) is 35.3 Å². The van der Waals surface area contributed by atoms with E-state index in [1.54, 1.807) is 18.4 Å². The van der Waals surface area contributed by atoms with Gasteiger partial charge in [0.05, 0.1) is 18.2 Å². The summed E-state index contributed by atoms with van der Waals surface area (Å²) in [5, 5.41) is 16.3. The van der Waals surface area contributed by atoms with E-state index in [4.69, 9.17) is 5.26 Å². The van der Waals surface area contributed by atoms with Crippen LogP contribution in [0, 0.1) is 11.3 Å². The van der Waals surface area contributed by atoms with Crippen molar-refractivity contribution in [3.8, 4) is 6.07 Å². The van der Waals surface area contributed by atoms with E-state index in [1.165, 1.54) is 4.88 Å². The molecule has 1 aromatic carbocycles. The lowest BCUT2D eigenvalue weighted by molar-refractivity contribution is 0.805. The third kappa shape index (κ3) is 6.15. The maximum Gasteiger partial charge on any atom is 0.191 e. The Bertz CT molecular complexity index is 673. The summed E-state index contributed by atoms with van der Waals surface area (Å²) >= 11 is 1.72. The molecule has 1 aromatic heterocycles. The molecule has 0 spiro atoms. The molecular weight excluding hydrogens is 421 g/mol. The summed E-state index contributed by atoms with van der Waals surface area (Å²) in [4.78, 5) is 9.86. The van der Waals surface area contributed by atoms with Crippen LogP contribution in [0.4, 0.5) is 0 Å². The Balaban J connectivity index is 0.00000264. The molecule has 23 heavy (non-hydrogen) atoms. The summed E-state index contributed by atoms with van der Waals surface area (Å²) in [6.07, 6.45) is 2.94. The molecule has 1 heterocycles. The lowest BCUT2D eigenvalue weighted by Gasteiger charge is -2.11. The summed E-state index contributed by atoms with van der Waals surface area (Å²) in [5.74, 6) is 0.734. The SMILES string of the molecule is CCc1cnc(CNC(=NC)NCc2ccc(C#N)cc2)s1.I. The fourth-order valence-corrected chi connectivity index (χ4v) is 2.66. The van der Waals surface area contributed by atoms with E-state index in [-0.39, 0.29) is 24.0 Å². The van der Waals surface area contributed by atoms with Crippen molar-refractivity contribution in [2.24, 2.45) is 4.99 Å². The van der Waals surface area contributed by atoms with Crippen molar-refractivity contribution in [1.29, 1.82) is 5.26 Å². The van der Waals surface area contributed by atoms with E-state index >= 15 is 0 Å². The number of rotatable bonds is 5. The van der Waals surface area contributed by atoms with Crippen LogP contribution in [-0.4, -0.2) is 18.0 Å². The molecule has 0 aliphatic carbocycles. The number of thiazole rings is 1. The Morgan fingerprint density at radius 1 is 1.26 bits per heavy atom. The Kier molecular flexibility index (Phi) is 8.58. The molecule has 0 bridgehead atoms. The Morgan fingerprint density at radius 2 is 1.96 bits per heavy atom. The number of halogens is 1. The molecule has 0 saturated carbocycles. The number of hydrogen-bond acceptors (Lipinski definition) is 4. The normalized spacial score (nSPS) is 10.6. The molecule has 122 valence electrons. The van der Waals surface area contributed by atoms with Crippen LogP contribution in [0.15, 0.2) is 35.5 Å². The number of guanidine groups is 1. The molecule has 0 radical (unpaired) electrons. The van der Waals surface area contributed by atoms with Gasteiger partial charge in [0.2, 0.25) is 0 Å². The lowest BCUT2D eigenvalue weighted by atomic mass is 10.1. The van der Waals surface area contributed by atoms with Crippen LogP contribution in [0.5, 0.6) is 0 Å². The standard InChI is InChI=1S/C16H19N5S.HI/c1-3-14-10-19-15(22-14)11-21-16(18-2)20-9-13-6-4-12(8-17)5-7-13;/h4-7,10H,3,9,11H2,1-2H3,(H2,18,20,21);1H. The number of nitriles is 1. The summed E-state index contributed by atoms with van der Waals surface area (Å²) in [6, 6.07) is 9.62. The quantitative estimate of drug-likeness (QED) is 0.425. The van der Waals surface area contributed by atoms with Gasteiger partial charge in [0.25, 0.3) is 0 Å². The van der Waals surface area contributed by atoms with E-state index in [2.05, 4.69) is 33.6 Å². The highest BCUT2D eigenvalue weighted by atomic mass is 127. The molecule has 7 heteroatoms. The van der Waals surface area contributed by atoms with Crippen molar-refractivity contribution in [3.63, 3.8) is 0 Å². The molecule has 2 aromatic rings. The van der Waals surface area contributed by atoms with Gasteiger partial charge in [-0.1, -0.05) is 19.1 Å². The molecule has 5 nitrogen and oxygen atoms in total. The van der Waals surface area contributed by atoms with Gasteiger partial charge in [0, 0.05) is 24.7 Å². The van der Waals surface area contributed by atoms with Crippen LogP contribution in [0.3, 0.4) is 0 Å². The smallest absolute Gasteiger partial charge is 0.191 e. The van der Waals surface area contributed by atoms with Gasteiger partial charge in [-0.3, -0.25) is 4.99 Å². The average Bonchev–Trinajstić information content (AvgIpc) is 3.03. The minimum atomic E-state index is 0. The van der Waals surface area contributed by atoms with Crippen molar-refractivity contribution in [1.82, 2.24) is 15.6 Å². The number of aromatic nitrogens is 1. The number of benzene rings is 1. The Morgan fingerprint density at radius 3 is 2.52 bits per heavy atom. The van der Waals surface area contributed by atoms with Gasteiger partial charge in [-0.25, -0.2) is 4.98 Å². The summed E-state index contributed by atoms with van der Waals surface area (Å²) in [6.45, 7) is 3.45. The van der Waals surface area contributed by atoms with Gasteiger partial charge in [-0.05, 0) is 24.1 Å². The van der Waals surface area contributed by atoms with E-state index < -0.39 is 0 Å². The van der Waals surface area contributed by atoms with Crippen molar-refractivity contribution < 1.29 is 0 Å². The fraction of sp³-hybridized carbons (Fsp3) is 0.312. The third-order valence-electron chi connectivity index (χ3n) is 3.12. The first-order chi connectivity index (χ1) is 10.7. The minimum Gasteiger partial charge on any atom is -0.352 e. The zero-order chi connectivity index (χ0) is 15.8. The monoisotopic (exact) mass is 441 g/mol. The van der Waals surface area contributed by atoms with Crippen LogP contribution in [-0.2, 0) is 19.5 Å². The van der Waals surface area contributed by atoms with Crippen LogP contribution in [0.25, 0.3) is 0 Å². The second kappa shape index (κ2) is 10.2. The number of aliphatic imine (C=N–C) groups is 1. The van der Waals surface area contributed by atoms with Crippen LogP contribution < -0.4 is 10.6 Å².